The molecule has 0 aromatic carbocycles. The lowest BCUT2D eigenvalue weighted by molar-refractivity contribution is 0.0320. The number of carbonyl (C=O) groups excluding carboxylic acids is 1. The summed E-state index contributed by atoms with van der Waals surface area (Å²) in [5.74, 6) is 0.567. The Bertz CT molecular complexity index is 925. The van der Waals surface area contributed by atoms with Crippen molar-refractivity contribution in [3.05, 3.63) is 59.7 Å². The number of carbonyl (C=O) groups is 1. The van der Waals surface area contributed by atoms with Crippen molar-refractivity contribution in [1.29, 1.82) is 0 Å². The van der Waals surface area contributed by atoms with E-state index in [9.17, 15) is 4.79 Å². The van der Waals surface area contributed by atoms with Crippen molar-refractivity contribution in [3.63, 3.8) is 0 Å². The van der Waals surface area contributed by atoms with Crippen molar-refractivity contribution in [3.8, 4) is 11.7 Å². The zero-order valence-electron chi connectivity index (χ0n) is 16.9. The highest BCUT2D eigenvalue weighted by atomic mass is 16.5. The third-order valence-electron chi connectivity index (χ3n) is 4.47. The summed E-state index contributed by atoms with van der Waals surface area (Å²) in [6.45, 7) is 6.10. The van der Waals surface area contributed by atoms with Crippen LogP contribution in [0.3, 0.4) is 0 Å². The zero-order chi connectivity index (χ0) is 20.6. The van der Waals surface area contributed by atoms with E-state index in [0.717, 1.165) is 19.3 Å². The van der Waals surface area contributed by atoms with E-state index in [-0.39, 0.29) is 12.1 Å². The second-order valence-corrected chi connectivity index (χ2v) is 6.69. The molecule has 1 atom stereocenters. The number of esters is 1. The molecular weight excluding hydrogens is 370 g/mol. The first-order valence-corrected chi connectivity index (χ1v) is 9.70. The van der Waals surface area contributed by atoms with Crippen LogP contribution in [0.4, 0.5) is 0 Å². The van der Waals surface area contributed by atoms with Crippen LogP contribution in [-0.2, 0) is 11.2 Å². The quantitative estimate of drug-likeness (QED) is 0.513. The Morgan fingerprint density at radius 2 is 2.07 bits per heavy atom. The van der Waals surface area contributed by atoms with Crippen LogP contribution in [-0.4, -0.2) is 43.6 Å². The van der Waals surface area contributed by atoms with Gasteiger partial charge in [-0.05, 0) is 57.7 Å². The van der Waals surface area contributed by atoms with Gasteiger partial charge in [0.2, 0.25) is 5.88 Å². The molecule has 152 valence electrons. The fraction of sp³-hybridized carbons (Fsp3) is 0.381. The minimum absolute atomic E-state index is 0.188. The monoisotopic (exact) mass is 395 g/mol. The van der Waals surface area contributed by atoms with Crippen LogP contribution < -0.4 is 4.74 Å². The van der Waals surface area contributed by atoms with Gasteiger partial charge >= 0.3 is 5.97 Å². The van der Waals surface area contributed by atoms with E-state index in [2.05, 4.69) is 20.3 Å². The molecule has 8 nitrogen and oxygen atoms in total. The van der Waals surface area contributed by atoms with Gasteiger partial charge in [0, 0.05) is 18.5 Å². The Morgan fingerprint density at radius 3 is 2.76 bits per heavy atom. The normalized spacial score (nSPS) is 11.8. The molecule has 0 saturated carbocycles. The molecule has 3 rings (SSSR count). The van der Waals surface area contributed by atoms with Gasteiger partial charge in [0.1, 0.15) is 5.56 Å². The topological polar surface area (TPSA) is 92.0 Å². The van der Waals surface area contributed by atoms with Crippen molar-refractivity contribution >= 4 is 5.97 Å². The Labute approximate surface area is 169 Å². The molecule has 0 spiro atoms. The number of ether oxygens (including phenoxy) is 2. The Kier molecular flexibility index (Phi) is 6.89. The van der Waals surface area contributed by atoms with Gasteiger partial charge in [-0.25, -0.2) is 9.48 Å². The summed E-state index contributed by atoms with van der Waals surface area (Å²) in [4.78, 5) is 16.7. The standard InChI is InChI=1S/C21H25N5O3/c1-4-28-20-11-10-19(24-25-20)26-16(3)18(14-23-26)21(27)29-15(2)7-5-8-17-9-6-12-22-13-17/h6,9-15H,4-5,7-8H2,1-3H3. The number of hydrogen-bond donors (Lipinski definition) is 0. The zero-order valence-corrected chi connectivity index (χ0v) is 16.9. The Balaban J connectivity index is 1.57. The van der Waals surface area contributed by atoms with Gasteiger partial charge in [-0.1, -0.05) is 6.07 Å². The summed E-state index contributed by atoms with van der Waals surface area (Å²) in [7, 11) is 0. The van der Waals surface area contributed by atoms with E-state index >= 15 is 0 Å². The molecule has 0 saturated heterocycles. The lowest BCUT2D eigenvalue weighted by Gasteiger charge is -2.13. The van der Waals surface area contributed by atoms with E-state index in [1.54, 1.807) is 29.9 Å². The van der Waals surface area contributed by atoms with Gasteiger partial charge in [0.25, 0.3) is 0 Å². The summed E-state index contributed by atoms with van der Waals surface area (Å²) in [5, 5.41) is 12.4. The lowest BCUT2D eigenvalue weighted by atomic mass is 10.1. The smallest absolute Gasteiger partial charge is 0.341 e. The molecule has 0 aliphatic rings. The van der Waals surface area contributed by atoms with Crippen LogP contribution in [0.2, 0.25) is 0 Å². The summed E-state index contributed by atoms with van der Waals surface area (Å²) >= 11 is 0. The number of hydrogen-bond acceptors (Lipinski definition) is 7. The second kappa shape index (κ2) is 9.77. The molecule has 0 radical (unpaired) electrons. The molecule has 0 aliphatic carbocycles. The predicted molar refractivity (Wildman–Crippen MR) is 107 cm³/mol. The summed E-state index contributed by atoms with van der Waals surface area (Å²) in [6, 6.07) is 7.43. The molecule has 3 aromatic rings. The maximum absolute atomic E-state index is 12.6. The highest BCUT2D eigenvalue weighted by Gasteiger charge is 2.19. The number of nitrogens with zero attached hydrogens (tertiary/aromatic N) is 5. The van der Waals surface area contributed by atoms with Crippen LogP contribution >= 0.6 is 0 Å². The minimum atomic E-state index is -0.387. The summed E-state index contributed by atoms with van der Waals surface area (Å²) in [5.41, 5.74) is 2.25. The first kappa shape index (κ1) is 20.4. The predicted octanol–water partition coefficient (Wildman–Crippen LogP) is 3.33. The molecule has 29 heavy (non-hydrogen) atoms. The van der Waals surface area contributed by atoms with Crippen LogP contribution in [0.25, 0.3) is 5.82 Å². The maximum atomic E-state index is 12.6. The highest BCUT2D eigenvalue weighted by molar-refractivity contribution is 5.90. The lowest BCUT2D eigenvalue weighted by Crippen LogP contribution is -2.16. The van der Waals surface area contributed by atoms with Gasteiger partial charge < -0.3 is 9.47 Å². The van der Waals surface area contributed by atoms with E-state index in [1.165, 1.54) is 11.8 Å². The molecule has 0 amide bonds. The summed E-state index contributed by atoms with van der Waals surface area (Å²) < 4.78 is 12.4. The first-order valence-electron chi connectivity index (χ1n) is 9.70. The van der Waals surface area contributed by atoms with Crippen LogP contribution in [0, 0.1) is 6.92 Å². The molecule has 0 N–H and O–H groups in total. The van der Waals surface area contributed by atoms with Gasteiger partial charge in [-0.15, -0.1) is 10.2 Å². The number of aromatic nitrogens is 5. The van der Waals surface area contributed by atoms with Crippen LogP contribution in [0.15, 0.2) is 42.9 Å². The first-order chi connectivity index (χ1) is 14.1. The van der Waals surface area contributed by atoms with Gasteiger partial charge in [-0.3, -0.25) is 4.98 Å². The molecule has 0 fully saturated rings. The van der Waals surface area contributed by atoms with Crippen molar-refractivity contribution in [2.45, 2.75) is 46.1 Å². The molecule has 0 bridgehead atoms. The fourth-order valence-electron chi connectivity index (χ4n) is 2.94. The van der Waals surface area contributed by atoms with E-state index in [4.69, 9.17) is 9.47 Å². The third-order valence-corrected chi connectivity index (χ3v) is 4.47. The van der Waals surface area contributed by atoms with Gasteiger partial charge in [0.15, 0.2) is 5.82 Å². The Morgan fingerprint density at radius 1 is 1.21 bits per heavy atom. The second-order valence-electron chi connectivity index (χ2n) is 6.69. The molecular formula is C21H25N5O3. The Hall–Kier alpha value is -3.29. The molecule has 1 unspecified atom stereocenters. The van der Waals surface area contributed by atoms with Crippen molar-refractivity contribution < 1.29 is 14.3 Å². The number of rotatable bonds is 9. The maximum Gasteiger partial charge on any atom is 0.341 e. The van der Waals surface area contributed by atoms with E-state index < -0.39 is 0 Å². The summed E-state index contributed by atoms with van der Waals surface area (Å²) in [6.07, 6.45) is 7.53. The van der Waals surface area contributed by atoms with Crippen molar-refractivity contribution in [2.24, 2.45) is 0 Å². The SMILES string of the molecule is CCOc1ccc(-n2ncc(C(=O)OC(C)CCCc3cccnc3)c2C)nn1. The third kappa shape index (κ3) is 5.37. The molecule has 3 heterocycles. The van der Waals surface area contributed by atoms with Crippen LogP contribution in [0.5, 0.6) is 5.88 Å². The van der Waals surface area contributed by atoms with Crippen LogP contribution in [0.1, 0.15) is 48.3 Å². The molecule has 0 aliphatic heterocycles. The molecule has 3 aromatic heterocycles. The largest absolute Gasteiger partial charge is 0.477 e. The van der Waals surface area contributed by atoms with Crippen molar-refractivity contribution in [1.82, 2.24) is 25.0 Å². The highest BCUT2D eigenvalue weighted by Crippen LogP contribution is 2.16. The minimum Gasteiger partial charge on any atom is -0.477 e. The fourth-order valence-corrected chi connectivity index (χ4v) is 2.94. The van der Waals surface area contributed by atoms with E-state index in [0.29, 0.717) is 29.6 Å². The number of pyridine rings is 1. The average molecular weight is 395 g/mol. The van der Waals surface area contributed by atoms with E-state index in [1.807, 2.05) is 32.2 Å². The molecule has 8 heteroatoms. The van der Waals surface area contributed by atoms with Crippen molar-refractivity contribution in [2.75, 3.05) is 6.61 Å². The number of aryl methyl sites for hydroxylation is 1. The average Bonchev–Trinajstić information content (AvgIpc) is 3.11. The van der Waals surface area contributed by atoms with Gasteiger partial charge in [0.05, 0.1) is 24.6 Å². The van der Waals surface area contributed by atoms with Gasteiger partial charge in [-0.2, -0.15) is 5.10 Å².